The molecule has 0 radical (unpaired) electrons. The van der Waals surface area contributed by atoms with Crippen molar-refractivity contribution in [3.8, 4) is 0 Å². The molecule has 9 nitrogen and oxygen atoms in total. The van der Waals surface area contributed by atoms with E-state index in [1.165, 1.54) is 5.56 Å². The first-order valence-electron chi connectivity index (χ1n) is 11.4. The van der Waals surface area contributed by atoms with Crippen LogP contribution < -0.4 is 21.9 Å². The molecule has 0 spiro atoms. The van der Waals surface area contributed by atoms with Gasteiger partial charge in [-0.25, -0.2) is 4.79 Å². The standard InChI is InChI=1S/C23H31N5O4/c29-21-19(24-10-11-28-12-14-32-15-13-28)20(26-23(31)27-21)22(30)25-18-8-6-17(7-9-18)16-4-2-1-3-5-16/h1-5,17-18,24H,6-15H2,(H,25,30)(H2,26,27,29,31). The Labute approximate surface area is 186 Å². The zero-order valence-corrected chi connectivity index (χ0v) is 18.2. The summed E-state index contributed by atoms with van der Waals surface area (Å²) >= 11 is 0. The van der Waals surface area contributed by atoms with Gasteiger partial charge in [-0.05, 0) is 37.2 Å². The van der Waals surface area contributed by atoms with Crippen LogP contribution in [-0.2, 0) is 4.74 Å². The first-order valence-corrected chi connectivity index (χ1v) is 11.4. The topological polar surface area (TPSA) is 119 Å². The number of nitrogens with zero attached hydrogens (tertiary/aromatic N) is 1. The number of benzene rings is 1. The maximum absolute atomic E-state index is 13.0. The van der Waals surface area contributed by atoms with Crippen molar-refractivity contribution in [2.75, 3.05) is 44.7 Å². The molecule has 4 rings (SSSR count). The molecule has 1 saturated carbocycles. The average molecular weight is 442 g/mol. The third-order valence-corrected chi connectivity index (χ3v) is 6.34. The van der Waals surface area contributed by atoms with E-state index >= 15 is 0 Å². The van der Waals surface area contributed by atoms with E-state index in [2.05, 4.69) is 49.8 Å². The lowest BCUT2D eigenvalue weighted by atomic mass is 9.82. The Bertz CT molecular complexity index is 1010. The second-order valence-electron chi connectivity index (χ2n) is 8.47. The first kappa shape index (κ1) is 22.3. The summed E-state index contributed by atoms with van der Waals surface area (Å²) in [6.45, 7) is 4.26. The van der Waals surface area contributed by atoms with Crippen LogP contribution in [0.1, 0.15) is 47.7 Å². The number of aromatic amines is 2. The van der Waals surface area contributed by atoms with Gasteiger partial charge in [-0.3, -0.25) is 19.5 Å². The fraction of sp³-hybridized carbons (Fsp3) is 0.522. The van der Waals surface area contributed by atoms with E-state index in [9.17, 15) is 14.4 Å². The Morgan fingerprint density at radius 2 is 1.75 bits per heavy atom. The molecule has 1 amide bonds. The predicted octanol–water partition coefficient (Wildman–Crippen LogP) is 1.26. The molecule has 0 unspecified atom stereocenters. The largest absolute Gasteiger partial charge is 0.379 e. The summed E-state index contributed by atoms with van der Waals surface area (Å²) in [5.41, 5.74) is 0.155. The van der Waals surface area contributed by atoms with Crippen molar-refractivity contribution < 1.29 is 9.53 Å². The van der Waals surface area contributed by atoms with Crippen molar-refractivity contribution in [1.29, 1.82) is 0 Å². The number of hydrogen-bond donors (Lipinski definition) is 4. The number of amides is 1. The lowest BCUT2D eigenvalue weighted by Crippen LogP contribution is -2.41. The van der Waals surface area contributed by atoms with Gasteiger partial charge in [-0.1, -0.05) is 30.3 Å². The summed E-state index contributed by atoms with van der Waals surface area (Å²) in [6.07, 6.45) is 3.70. The maximum Gasteiger partial charge on any atom is 0.326 e. The number of morpholine rings is 1. The molecule has 9 heteroatoms. The molecular weight excluding hydrogens is 410 g/mol. The van der Waals surface area contributed by atoms with Crippen molar-refractivity contribution in [3.63, 3.8) is 0 Å². The van der Waals surface area contributed by atoms with Crippen molar-refractivity contribution in [3.05, 3.63) is 62.4 Å². The van der Waals surface area contributed by atoms with E-state index < -0.39 is 17.2 Å². The van der Waals surface area contributed by atoms with Crippen LogP contribution in [0.15, 0.2) is 39.9 Å². The number of carbonyl (C=O) groups excluding carboxylic acids is 1. The molecule has 1 aromatic carbocycles. The Balaban J connectivity index is 1.36. The van der Waals surface area contributed by atoms with Crippen LogP contribution in [0.5, 0.6) is 0 Å². The van der Waals surface area contributed by atoms with Crippen molar-refractivity contribution in [2.45, 2.75) is 37.6 Å². The number of hydrogen-bond acceptors (Lipinski definition) is 6. The number of carbonyl (C=O) groups is 1. The Hall–Kier alpha value is -2.91. The lowest BCUT2D eigenvalue weighted by molar-refractivity contribution is 0.0398. The van der Waals surface area contributed by atoms with Crippen LogP contribution in [0, 0.1) is 0 Å². The summed E-state index contributed by atoms with van der Waals surface area (Å²) in [7, 11) is 0. The first-order chi connectivity index (χ1) is 15.6. The summed E-state index contributed by atoms with van der Waals surface area (Å²) in [6, 6.07) is 10.5. The number of aromatic nitrogens is 2. The van der Waals surface area contributed by atoms with Gasteiger partial charge in [0.2, 0.25) is 0 Å². The number of H-pyrrole nitrogens is 2. The predicted molar refractivity (Wildman–Crippen MR) is 122 cm³/mol. The maximum atomic E-state index is 13.0. The molecular formula is C23H31N5O4. The molecule has 2 fully saturated rings. The van der Waals surface area contributed by atoms with E-state index in [1.807, 2.05) is 6.07 Å². The Kier molecular flexibility index (Phi) is 7.39. The summed E-state index contributed by atoms with van der Waals surface area (Å²) in [5.74, 6) is 0.0753. The van der Waals surface area contributed by atoms with E-state index in [1.54, 1.807) is 0 Å². The highest BCUT2D eigenvalue weighted by Gasteiger charge is 2.25. The molecule has 0 bridgehead atoms. The van der Waals surface area contributed by atoms with Crippen LogP contribution in [0.3, 0.4) is 0 Å². The van der Waals surface area contributed by atoms with E-state index in [0.717, 1.165) is 38.8 Å². The minimum atomic E-state index is -0.688. The molecule has 172 valence electrons. The fourth-order valence-corrected chi connectivity index (χ4v) is 4.54. The molecule has 2 heterocycles. The summed E-state index contributed by atoms with van der Waals surface area (Å²) in [5, 5.41) is 6.06. The molecule has 1 saturated heterocycles. The van der Waals surface area contributed by atoms with Gasteiger partial charge in [0, 0.05) is 32.2 Å². The van der Waals surface area contributed by atoms with Gasteiger partial charge in [0.25, 0.3) is 11.5 Å². The smallest absolute Gasteiger partial charge is 0.326 e. The molecule has 2 aromatic rings. The van der Waals surface area contributed by atoms with Gasteiger partial charge in [0.15, 0.2) is 0 Å². The monoisotopic (exact) mass is 441 g/mol. The van der Waals surface area contributed by atoms with E-state index in [0.29, 0.717) is 32.2 Å². The third kappa shape index (κ3) is 5.66. The van der Waals surface area contributed by atoms with Crippen molar-refractivity contribution in [2.24, 2.45) is 0 Å². The molecule has 1 aromatic heterocycles. The fourth-order valence-electron chi connectivity index (χ4n) is 4.54. The van der Waals surface area contributed by atoms with Crippen LogP contribution in [0.4, 0.5) is 5.69 Å². The van der Waals surface area contributed by atoms with Crippen LogP contribution >= 0.6 is 0 Å². The molecule has 2 aliphatic rings. The van der Waals surface area contributed by atoms with Gasteiger partial charge >= 0.3 is 5.69 Å². The lowest BCUT2D eigenvalue weighted by Gasteiger charge is -2.29. The van der Waals surface area contributed by atoms with Gasteiger partial charge in [0.05, 0.1) is 13.2 Å². The molecule has 32 heavy (non-hydrogen) atoms. The highest BCUT2D eigenvalue weighted by molar-refractivity contribution is 5.97. The van der Waals surface area contributed by atoms with Gasteiger partial charge in [-0.2, -0.15) is 0 Å². The Morgan fingerprint density at radius 3 is 2.47 bits per heavy atom. The minimum absolute atomic E-state index is 0.00842. The number of rotatable bonds is 7. The summed E-state index contributed by atoms with van der Waals surface area (Å²) in [4.78, 5) is 44.1. The van der Waals surface area contributed by atoms with Gasteiger partial charge in [-0.15, -0.1) is 0 Å². The van der Waals surface area contributed by atoms with Crippen LogP contribution in [0.25, 0.3) is 0 Å². The number of nitrogens with one attached hydrogen (secondary N) is 4. The second kappa shape index (κ2) is 10.6. The Morgan fingerprint density at radius 1 is 1.03 bits per heavy atom. The minimum Gasteiger partial charge on any atom is -0.379 e. The summed E-state index contributed by atoms with van der Waals surface area (Å²) < 4.78 is 5.34. The van der Waals surface area contributed by atoms with Gasteiger partial charge in [0.1, 0.15) is 11.4 Å². The molecule has 1 aliphatic carbocycles. The molecule has 0 atom stereocenters. The highest BCUT2D eigenvalue weighted by Crippen LogP contribution is 2.32. The third-order valence-electron chi connectivity index (χ3n) is 6.34. The highest BCUT2D eigenvalue weighted by atomic mass is 16.5. The second-order valence-corrected chi connectivity index (χ2v) is 8.47. The molecule has 1 aliphatic heterocycles. The molecule has 4 N–H and O–H groups in total. The van der Waals surface area contributed by atoms with E-state index in [4.69, 9.17) is 4.74 Å². The van der Waals surface area contributed by atoms with Crippen LogP contribution in [-0.4, -0.2) is 66.2 Å². The normalized spacial score (nSPS) is 21.8. The zero-order valence-electron chi connectivity index (χ0n) is 18.2. The average Bonchev–Trinajstić information content (AvgIpc) is 2.82. The number of anilines is 1. The van der Waals surface area contributed by atoms with E-state index in [-0.39, 0.29) is 17.4 Å². The number of ether oxygens (including phenoxy) is 1. The van der Waals surface area contributed by atoms with Crippen LogP contribution in [0.2, 0.25) is 0 Å². The zero-order chi connectivity index (χ0) is 22.3. The van der Waals surface area contributed by atoms with Crippen molar-refractivity contribution >= 4 is 11.6 Å². The SMILES string of the molecule is O=C(NC1CCC(c2ccccc2)CC1)c1[nH]c(=O)[nH]c(=O)c1NCCN1CCOCC1. The quantitative estimate of drug-likeness (QED) is 0.514. The van der Waals surface area contributed by atoms with Gasteiger partial charge < -0.3 is 20.4 Å². The van der Waals surface area contributed by atoms with Crippen molar-refractivity contribution in [1.82, 2.24) is 20.2 Å².